The van der Waals surface area contributed by atoms with Crippen LogP contribution in [0.25, 0.3) is 0 Å². The largest absolute Gasteiger partial charge is 0.493 e. The Kier molecular flexibility index (Phi) is 12.7. The van der Waals surface area contributed by atoms with Crippen LogP contribution in [0.15, 0.2) is 12.1 Å². The molecule has 1 aromatic carbocycles. The molecular formula is C29H47N3O6. The lowest BCUT2D eigenvalue weighted by molar-refractivity contribution is -0.132. The van der Waals surface area contributed by atoms with Gasteiger partial charge in [-0.05, 0) is 55.2 Å². The highest BCUT2D eigenvalue weighted by atomic mass is 16.5. The van der Waals surface area contributed by atoms with Crippen molar-refractivity contribution in [1.29, 1.82) is 0 Å². The summed E-state index contributed by atoms with van der Waals surface area (Å²) >= 11 is 0. The smallest absolute Gasteiger partial charge is 0.324 e. The van der Waals surface area contributed by atoms with Gasteiger partial charge in [0.25, 0.3) is 0 Å². The van der Waals surface area contributed by atoms with Gasteiger partial charge in [-0.15, -0.1) is 0 Å². The Labute approximate surface area is 227 Å². The van der Waals surface area contributed by atoms with E-state index in [0.717, 1.165) is 50.5 Å². The molecule has 38 heavy (non-hydrogen) atoms. The number of carbonyl (C=O) groups is 3. The van der Waals surface area contributed by atoms with Crippen molar-refractivity contribution in [3.63, 3.8) is 0 Å². The lowest BCUT2D eigenvalue weighted by atomic mass is 9.76. The molecule has 2 atom stereocenters. The summed E-state index contributed by atoms with van der Waals surface area (Å²) in [4.78, 5) is 41.3. The Hall–Kier alpha value is -2.97. The number of primary amides is 1. The van der Waals surface area contributed by atoms with E-state index in [1.807, 2.05) is 26.0 Å². The molecule has 0 spiro atoms. The molecule has 9 nitrogen and oxygen atoms in total. The van der Waals surface area contributed by atoms with Crippen LogP contribution in [0.1, 0.15) is 90.0 Å². The zero-order valence-corrected chi connectivity index (χ0v) is 24.0. The van der Waals surface area contributed by atoms with Crippen LogP contribution in [0.2, 0.25) is 0 Å². The maximum Gasteiger partial charge on any atom is 0.324 e. The minimum absolute atomic E-state index is 0.0585. The number of urea groups is 1. The Morgan fingerprint density at radius 3 is 2.08 bits per heavy atom. The summed E-state index contributed by atoms with van der Waals surface area (Å²) in [6, 6.07) is 2.19. The summed E-state index contributed by atoms with van der Waals surface area (Å²) in [7, 11) is 4.62. The number of benzene rings is 1. The highest BCUT2D eigenvalue weighted by Gasteiger charge is 2.38. The van der Waals surface area contributed by atoms with Gasteiger partial charge in [-0.1, -0.05) is 52.9 Å². The molecule has 9 heteroatoms. The molecule has 1 unspecified atom stereocenters. The van der Waals surface area contributed by atoms with Crippen LogP contribution in [0.3, 0.4) is 0 Å². The molecule has 0 aromatic heterocycles. The number of unbranched alkanes of at least 4 members (excludes halogenated alkanes) is 2. The van der Waals surface area contributed by atoms with Crippen molar-refractivity contribution < 1.29 is 28.6 Å². The maximum absolute atomic E-state index is 14.3. The maximum atomic E-state index is 14.3. The third kappa shape index (κ3) is 8.27. The minimum Gasteiger partial charge on any atom is -0.493 e. The summed E-state index contributed by atoms with van der Waals surface area (Å²) in [5.74, 6) is 0.104. The number of ether oxygens (including phenoxy) is 3. The van der Waals surface area contributed by atoms with Gasteiger partial charge in [-0.25, -0.2) is 4.79 Å². The molecular weight excluding hydrogens is 486 g/mol. The lowest BCUT2D eigenvalue weighted by Crippen LogP contribution is -2.53. The van der Waals surface area contributed by atoms with Crippen LogP contribution in [-0.2, 0) is 9.59 Å². The minimum atomic E-state index is -0.849. The SMILES string of the molecule is CCCCCN(C(=O)N[C@@H](CC(C)C)C(N)=O)C(=O)C(c1cc(OC)c(OC)c(OC)c1)C1CCCCC1. The molecule has 0 aliphatic heterocycles. The first-order valence-corrected chi connectivity index (χ1v) is 13.9. The third-order valence-electron chi connectivity index (χ3n) is 7.28. The van der Waals surface area contributed by atoms with Crippen LogP contribution < -0.4 is 25.3 Å². The first-order chi connectivity index (χ1) is 18.2. The van der Waals surface area contributed by atoms with Gasteiger partial charge in [-0.3, -0.25) is 14.5 Å². The molecule has 0 saturated heterocycles. The van der Waals surface area contributed by atoms with Crippen molar-refractivity contribution in [2.45, 2.75) is 90.5 Å². The monoisotopic (exact) mass is 533 g/mol. The number of amides is 4. The Morgan fingerprint density at radius 1 is 1.00 bits per heavy atom. The Bertz CT molecular complexity index is 904. The predicted molar refractivity (Wildman–Crippen MR) is 148 cm³/mol. The molecule has 3 N–H and O–H groups in total. The average Bonchev–Trinajstić information content (AvgIpc) is 2.90. The van der Waals surface area contributed by atoms with Crippen molar-refractivity contribution in [1.82, 2.24) is 10.2 Å². The van der Waals surface area contributed by atoms with Gasteiger partial charge in [-0.2, -0.15) is 0 Å². The van der Waals surface area contributed by atoms with E-state index in [2.05, 4.69) is 12.2 Å². The van der Waals surface area contributed by atoms with E-state index in [9.17, 15) is 14.4 Å². The first-order valence-electron chi connectivity index (χ1n) is 13.9. The normalized spacial score (nSPS) is 15.4. The highest BCUT2D eigenvalue weighted by Crippen LogP contribution is 2.44. The van der Waals surface area contributed by atoms with Crippen LogP contribution in [0.5, 0.6) is 17.2 Å². The predicted octanol–water partition coefficient (Wildman–Crippen LogP) is 5.00. The Balaban J connectivity index is 2.54. The molecule has 0 heterocycles. The van der Waals surface area contributed by atoms with Crippen molar-refractivity contribution in [3.8, 4) is 17.2 Å². The molecule has 0 radical (unpaired) electrons. The van der Waals surface area contributed by atoms with Crippen molar-refractivity contribution in [2.24, 2.45) is 17.6 Å². The first kappa shape index (κ1) is 31.2. The van der Waals surface area contributed by atoms with E-state index in [4.69, 9.17) is 19.9 Å². The molecule has 1 saturated carbocycles. The third-order valence-corrected chi connectivity index (χ3v) is 7.28. The topological polar surface area (TPSA) is 120 Å². The van der Waals surface area contributed by atoms with Gasteiger partial charge in [0.15, 0.2) is 11.5 Å². The quantitative estimate of drug-likeness (QED) is 0.325. The average molecular weight is 534 g/mol. The second-order valence-corrected chi connectivity index (χ2v) is 10.6. The van der Waals surface area contributed by atoms with E-state index in [-0.39, 0.29) is 24.3 Å². The molecule has 0 bridgehead atoms. The standard InChI is InChI=1S/C29H47N3O6/c1-7-8-12-15-32(29(35)31-22(27(30)33)16-19(2)3)28(34)25(20-13-10-9-11-14-20)21-17-23(36-4)26(38-6)24(18-21)37-5/h17-20,22,25H,7-16H2,1-6H3,(H2,30,33)(H,31,35)/t22-,25?/m0/s1. The zero-order chi connectivity index (χ0) is 28.2. The number of carbonyl (C=O) groups excluding carboxylic acids is 3. The van der Waals surface area contributed by atoms with Crippen molar-refractivity contribution >= 4 is 17.8 Å². The summed E-state index contributed by atoms with van der Waals surface area (Å²) in [5, 5.41) is 2.75. The molecule has 1 aliphatic rings. The molecule has 1 aliphatic carbocycles. The van der Waals surface area contributed by atoms with Gasteiger partial charge < -0.3 is 25.3 Å². The van der Waals surface area contributed by atoms with E-state index in [0.29, 0.717) is 30.1 Å². The number of rotatable bonds is 14. The fourth-order valence-electron chi connectivity index (χ4n) is 5.31. The van der Waals surface area contributed by atoms with Crippen molar-refractivity contribution in [2.75, 3.05) is 27.9 Å². The van der Waals surface area contributed by atoms with Gasteiger partial charge in [0, 0.05) is 6.54 Å². The Morgan fingerprint density at radius 2 is 1.61 bits per heavy atom. The second kappa shape index (κ2) is 15.4. The second-order valence-electron chi connectivity index (χ2n) is 10.6. The van der Waals surface area contributed by atoms with Gasteiger partial charge >= 0.3 is 6.03 Å². The molecule has 4 amide bonds. The summed E-state index contributed by atoms with van der Waals surface area (Å²) in [5.41, 5.74) is 6.31. The van der Waals surface area contributed by atoms with Crippen LogP contribution >= 0.6 is 0 Å². The number of nitrogens with zero attached hydrogens (tertiary/aromatic N) is 1. The van der Waals surface area contributed by atoms with E-state index in [1.54, 1.807) is 14.2 Å². The molecule has 2 rings (SSSR count). The summed E-state index contributed by atoms with van der Waals surface area (Å²) < 4.78 is 16.7. The lowest BCUT2D eigenvalue weighted by Gasteiger charge is -2.34. The number of hydrogen-bond acceptors (Lipinski definition) is 6. The number of nitrogens with two attached hydrogens (primary N) is 1. The molecule has 1 aromatic rings. The van der Waals surface area contributed by atoms with Crippen LogP contribution in [0, 0.1) is 11.8 Å². The van der Waals surface area contributed by atoms with Gasteiger partial charge in [0.2, 0.25) is 17.6 Å². The summed E-state index contributed by atoms with van der Waals surface area (Å²) in [6.45, 7) is 6.24. The molecule has 214 valence electrons. The van der Waals surface area contributed by atoms with Crippen LogP contribution in [0.4, 0.5) is 4.79 Å². The highest BCUT2D eigenvalue weighted by molar-refractivity contribution is 5.99. The number of hydrogen-bond donors (Lipinski definition) is 2. The van der Waals surface area contributed by atoms with E-state index in [1.165, 1.54) is 12.0 Å². The van der Waals surface area contributed by atoms with E-state index < -0.39 is 23.9 Å². The van der Waals surface area contributed by atoms with Gasteiger partial charge in [0.1, 0.15) is 6.04 Å². The number of nitrogens with one attached hydrogen (secondary N) is 1. The van der Waals surface area contributed by atoms with Gasteiger partial charge in [0.05, 0.1) is 27.2 Å². The zero-order valence-electron chi connectivity index (χ0n) is 24.0. The fraction of sp³-hybridized carbons (Fsp3) is 0.690. The van der Waals surface area contributed by atoms with Crippen molar-refractivity contribution in [3.05, 3.63) is 17.7 Å². The number of methoxy groups -OCH3 is 3. The summed E-state index contributed by atoms with van der Waals surface area (Å²) in [6.07, 6.45) is 7.84. The fourth-order valence-corrected chi connectivity index (χ4v) is 5.31. The molecule has 1 fully saturated rings. The van der Waals surface area contributed by atoms with E-state index >= 15 is 0 Å². The van der Waals surface area contributed by atoms with Crippen LogP contribution in [-0.4, -0.2) is 56.7 Å². The number of imide groups is 1.